The Morgan fingerprint density at radius 2 is 1.84 bits per heavy atom. The number of nitrogens with one attached hydrogen (secondary N) is 1. The molecular formula is C14H19NO4. The zero-order valence-electron chi connectivity index (χ0n) is 11.3. The van der Waals surface area contributed by atoms with E-state index in [2.05, 4.69) is 10.1 Å². The van der Waals surface area contributed by atoms with Crippen LogP contribution in [0.3, 0.4) is 0 Å². The number of carbonyl (C=O) groups excluding carboxylic acids is 1. The van der Waals surface area contributed by atoms with Crippen molar-refractivity contribution in [1.29, 1.82) is 0 Å². The van der Waals surface area contributed by atoms with Gasteiger partial charge in [-0.3, -0.25) is 4.79 Å². The molecule has 1 rings (SSSR count). The van der Waals surface area contributed by atoms with Crippen LogP contribution < -0.4 is 5.32 Å². The highest BCUT2D eigenvalue weighted by Gasteiger charge is 2.20. The van der Waals surface area contributed by atoms with Crippen LogP contribution in [0.25, 0.3) is 0 Å². The predicted molar refractivity (Wildman–Crippen MR) is 70.9 cm³/mol. The van der Waals surface area contributed by atoms with E-state index < -0.39 is 12.0 Å². The van der Waals surface area contributed by atoms with E-state index in [1.807, 2.05) is 13.8 Å². The zero-order chi connectivity index (χ0) is 14.4. The lowest BCUT2D eigenvalue weighted by molar-refractivity contribution is -0.140. The topological polar surface area (TPSA) is 75.6 Å². The lowest BCUT2D eigenvalue weighted by Gasteiger charge is -2.17. The van der Waals surface area contributed by atoms with Gasteiger partial charge in [0.1, 0.15) is 6.04 Å². The van der Waals surface area contributed by atoms with Crippen LogP contribution >= 0.6 is 0 Å². The van der Waals surface area contributed by atoms with Gasteiger partial charge in [-0.15, -0.1) is 0 Å². The van der Waals surface area contributed by atoms with Gasteiger partial charge in [0.15, 0.2) is 0 Å². The molecule has 1 atom stereocenters. The molecule has 2 N–H and O–H groups in total. The molecule has 0 aromatic heterocycles. The molecule has 0 amide bonds. The molecule has 0 fully saturated rings. The number of ether oxygens (including phenoxy) is 1. The number of methoxy groups -OCH3 is 1. The molecule has 0 heterocycles. The van der Waals surface area contributed by atoms with Gasteiger partial charge in [-0.1, -0.05) is 26.0 Å². The molecule has 0 aliphatic rings. The summed E-state index contributed by atoms with van der Waals surface area (Å²) in [5, 5.41) is 12.0. The molecule has 0 aliphatic heterocycles. The lowest BCUT2D eigenvalue weighted by atomic mass is 10.0. The maximum atomic E-state index is 11.3. The third-order valence-corrected chi connectivity index (χ3v) is 2.83. The Bertz CT molecular complexity index is 439. The monoisotopic (exact) mass is 265 g/mol. The number of hydrogen-bond donors (Lipinski definition) is 2. The maximum Gasteiger partial charge on any atom is 0.337 e. The van der Waals surface area contributed by atoms with Gasteiger partial charge in [0.25, 0.3) is 0 Å². The molecule has 0 spiro atoms. The molecule has 0 saturated heterocycles. The van der Waals surface area contributed by atoms with Gasteiger partial charge in [-0.2, -0.15) is 0 Å². The van der Waals surface area contributed by atoms with E-state index in [-0.39, 0.29) is 11.9 Å². The van der Waals surface area contributed by atoms with Crippen molar-refractivity contribution in [3.05, 3.63) is 35.4 Å². The minimum Gasteiger partial charge on any atom is -0.480 e. The molecule has 5 nitrogen and oxygen atoms in total. The number of esters is 1. The fourth-order valence-corrected chi connectivity index (χ4v) is 1.71. The molecule has 0 radical (unpaired) electrons. The number of hydrogen-bond acceptors (Lipinski definition) is 4. The second-order valence-corrected chi connectivity index (χ2v) is 4.63. The van der Waals surface area contributed by atoms with E-state index in [1.54, 1.807) is 24.3 Å². The van der Waals surface area contributed by atoms with E-state index in [1.165, 1.54) is 7.11 Å². The quantitative estimate of drug-likeness (QED) is 0.765. The third-order valence-electron chi connectivity index (χ3n) is 2.83. The summed E-state index contributed by atoms with van der Waals surface area (Å²) in [6, 6.07) is 6.29. The first kappa shape index (κ1) is 15.2. The smallest absolute Gasteiger partial charge is 0.337 e. The Kier molecular flexibility index (Phi) is 5.51. The van der Waals surface area contributed by atoms with Crippen LogP contribution in [-0.4, -0.2) is 30.2 Å². The summed E-state index contributed by atoms with van der Waals surface area (Å²) < 4.78 is 4.60. The number of rotatable bonds is 6. The number of benzene rings is 1. The summed E-state index contributed by atoms with van der Waals surface area (Å²) in [4.78, 5) is 22.3. The Morgan fingerprint density at radius 1 is 1.26 bits per heavy atom. The van der Waals surface area contributed by atoms with Crippen LogP contribution in [0.2, 0.25) is 0 Å². The summed E-state index contributed by atoms with van der Waals surface area (Å²) in [7, 11) is 1.33. The van der Waals surface area contributed by atoms with E-state index in [0.29, 0.717) is 12.1 Å². The van der Waals surface area contributed by atoms with Gasteiger partial charge in [-0.25, -0.2) is 4.79 Å². The SMILES string of the molecule is COC(=O)c1ccc(CNC(C(=O)O)C(C)C)cc1. The first-order chi connectivity index (χ1) is 8.95. The number of carboxylic acid groups (broad SMARTS) is 1. The average Bonchev–Trinajstić information content (AvgIpc) is 2.38. The summed E-state index contributed by atoms with van der Waals surface area (Å²) >= 11 is 0. The van der Waals surface area contributed by atoms with Crippen molar-refractivity contribution < 1.29 is 19.4 Å². The van der Waals surface area contributed by atoms with E-state index >= 15 is 0 Å². The van der Waals surface area contributed by atoms with Crippen LogP contribution in [0.5, 0.6) is 0 Å². The Hall–Kier alpha value is -1.88. The molecule has 104 valence electrons. The van der Waals surface area contributed by atoms with Crippen LogP contribution in [0.15, 0.2) is 24.3 Å². The highest BCUT2D eigenvalue weighted by molar-refractivity contribution is 5.89. The van der Waals surface area contributed by atoms with Crippen LogP contribution in [0.1, 0.15) is 29.8 Å². The van der Waals surface area contributed by atoms with Crippen LogP contribution in [0.4, 0.5) is 0 Å². The molecule has 0 saturated carbocycles. The second-order valence-electron chi connectivity index (χ2n) is 4.63. The largest absolute Gasteiger partial charge is 0.480 e. The number of carbonyl (C=O) groups is 2. The Balaban J connectivity index is 2.63. The summed E-state index contributed by atoms with van der Waals surface area (Å²) in [5.74, 6) is -1.24. The van der Waals surface area contributed by atoms with E-state index in [0.717, 1.165) is 5.56 Å². The maximum absolute atomic E-state index is 11.3. The normalized spacial score (nSPS) is 12.2. The lowest BCUT2D eigenvalue weighted by Crippen LogP contribution is -2.40. The molecule has 1 aromatic rings. The van der Waals surface area contributed by atoms with Gasteiger partial charge in [0, 0.05) is 6.54 Å². The number of aliphatic carboxylic acids is 1. The molecule has 0 aliphatic carbocycles. The van der Waals surface area contributed by atoms with Crippen molar-refractivity contribution in [2.24, 2.45) is 5.92 Å². The van der Waals surface area contributed by atoms with Crippen molar-refractivity contribution in [2.75, 3.05) is 7.11 Å². The van der Waals surface area contributed by atoms with Gasteiger partial charge in [0.05, 0.1) is 12.7 Å². The van der Waals surface area contributed by atoms with E-state index in [9.17, 15) is 9.59 Å². The zero-order valence-corrected chi connectivity index (χ0v) is 11.3. The van der Waals surface area contributed by atoms with Crippen molar-refractivity contribution >= 4 is 11.9 Å². The average molecular weight is 265 g/mol. The molecule has 0 bridgehead atoms. The van der Waals surface area contributed by atoms with Crippen molar-refractivity contribution in [3.63, 3.8) is 0 Å². The molecule has 1 unspecified atom stereocenters. The van der Waals surface area contributed by atoms with Crippen molar-refractivity contribution in [2.45, 2.75) is 26.4 Å². The third kappa shape index (κ3) is 4.37. The Morgan fingerprint density at radius 3 is 2.26 bits per heavy atom. The fraction of sp³-hybridized carbons (Fsp3) is 0.429. The fourth-order valence-electron chi connectivity index (χ4n) is 1.71. The first-order valence-corrected chi connectivity index (χ1v) is 6.09. The van der Waals surface area contributed by atoms with Gasteiger partial charge in [-0.05, 0) is 23.6 Å². The van der Waals surface area contributed by atoms with Gasteiger partial charge in [0.2, 0.25) is 0 Å². The summed E-state index contributed by atoms with van der Waals surface area (Å²) in [5.41, 5.74) is 1.39. The minimum atomic E-state index is -0.860. The van der Waals surface area contributed by atoms with E-state index in [4.69, 9.17) is 5.11 Å². The van der Waals surface area contributed by atoms with Crippen molar-refractivity contribution in [1.82, 2.24) is 5.32 Å². The minimum absolute atomic E-state index is 0.00634. The highest BCUT2D eigenvalue weighted by Crippen LogP contribution is 2.08. The van der Waals surface area contributed by atoms with Gasteiger partial charge >= 0.3 is 11.9 Å². The number of carboxylic acids is 1. The van der Waals surface area contributed by atoms with Crippen LogP contribution in [-0.2, 0) is 16.1 Å². The molecule has 1 aromatic carbocycles. The molecule has 5 heteroatoms. The molecular weight excluding hydrogens is 246 g/mol. The molecule has 19 heavy (non-hydrogen) atoms. The summed E-state index contributed by atoms with van der Waals surface area (Å²) in [6.45, 7) is 4.15. The standard InChI is InChI=1S/C14H19NO4/c1-9(2)12(13(16)17)15-8-10-4-6-11(7-5-10)14(18)19-3/h4-7,9,12,15H,8H2,1-3H3,(H,16,17). The van der Waals surface area contributed by atoms with Crippen molar-refractivity contribution in [3.8, 4) is 0 Å². The first-order valence-electron chi connectivity index (χ1n) is 6.09. The summed E-state index contributed by atoms with van der Waals surface area (Å²) in [6.07, 6.45) is 0. The highest BCUT2D eigenvalue weighted by atomic mass is 16.5. The van der Waals surface area contributed by atoms with Gasteiger partial charge < -0.3 is 15.2 Å². The second kappa shape index (κ2) is 6.89. The van der Waals surface area contributed by atoms with Crippen LogP contribution in [0, 0.1) is 5.92 Å². The predicted octanol–water partition coefficient (Wildman–Crippen LogP) is 1.67. The Labute approximate surface area is 112 Å².